The fourth-order valence-corrected chi connectivity index (χ4v) is 2.72. The second-order valence-electron chi connectivity index (χ2n) is 6.46. The van der Waals surface area contributed by atoms with Gasteiger partial charge in [-0.1, -0.05) is 11.2 Å². The van der Waals surface area contributed by atoms with Gasteiger partial charge in [-0.3, -0.25) is 4.98 Å². The van der Waals surface area contributed by atoms with E-state index >= 15 is 0 Å². The van der Waals surface area contributed by atoms with Crippen molar-refractivity contribution in [2.75, 3.05) is 13.1 Å². The number of pyridine rings is 1. The molecular weight excluding hydrogens is 377 g/mol. The highest BCUT2D eigenvalue weighted by molar-refractivity contribution is 5.94. The van der Waals surface area contributed by atoms with Gasteiger partial charge >= 0.3 is 12.1 Å². The summed E-state index contributed by atoms with van der Waals surface area (Å²) in [5.74, 6) is -0.757. The number of carbonyl (C=O) groups is 1. The van der Waals surface area contributed by atoms with Crippen LogP contribution in [0, 0.1) is 12.8 Å². The number of carboxylic acids is 1. The molecule has 4 rings (SSSR count). The van der Waals surface area contributed by atoms with Crippen LogP contribution >= 0.6 is 0 Å². The Morgan fingerprint density at radius 2 is 2.07 bits per heavy atom. The van der Waals surface area contributed by atoms with Gasteiger partial charge in [0.1, 0.15) is 0 Å². The number of hydrogen-bond donors (Lipinski definition) is 2. The average Bonchev–Trinajstić information content (AvgIpc) is 3.05. The SMILES string of the molecule is Cc1cc(-c2nc(CC3CNC3)no2)c2cnccc2c1.O=C(O)C(F)(F)F. The molecule has 0 saturated carbocycles. The minimum Gasteiger partial charge on any atom is -0.475 e. The van der Waals surface area contributed by atoms with Gasteiger partial charge in [-0.05, 0) is 49.0 Å². The lowest BCUT2D eigenvalue weighted by molar-refractivity contribution is -0.192. The first kappa shape index (κ1) is 19.7. The van der Waals surface area contributed by atoms with Crippen molar-refractivity contribution in [3.63, 3.8) is 0 Å². The van der Waals surface area contributed by atoms with Crippen molar-refractivity contribution in [2.24, 2.45) is 5.92 Å². The molecule has 0 spiro atoms. The molecule has 148 valence electrons. The molecule has 28 heavy (non-hydrogen) atoms. The fourth-order valence-electron chi connectivity index (χ4n) is 2.72. The molecule has 1 aliphatic rings. The fraction of sp³-hybridized carbons (Fsp3) is 0.333. The number of aliphatic carboxylic acids is 1. The standard InChI is InChI=1S/C16H16N4O.C2HF3O2/c1-10-4-12-2-3-17-9-14(12)13(5-10)16-19-15(20-21-16)6-11-7-18-8-11;3-2(4,5)1(6)7/h2-5,9,11,18H,6-8H2,1H3;(H,6,7). The third kappa shape index (κ3) is 4.63. The van der Waals surface area contributed by atoms with Gasteiger partial charge in [-0.25, -0.2) is 4.79 Å². The van der Waals surface area contributed by atoms with Gasteiger partial charge in [0.05, 0.1) is 0 Å². The van der Waals surface area contributed by atoms with E-state index in [1.54, 1.807) is 6.20 Å². The second kappa shape index (κ2) is 7.93. The van der Waals surface area contributed by atoms with Gasteiger partial charge in [-0.2, -0.15) is 18.2 Å². The molecule has 3 heterocycles. The van der Waals surface area contributed by atoms with Crippen LogP contribution in [0.2, 0.25) is 0 Å². The Morgan fingerprint density at radius 1 is 1.36 bits per heavy atom. The third-order valence-corrected chi connectivity index (χ3v) is 4.18. The molecule has 10 heteroatoms. The topological polar surface area (TPSA) is 101 Å². The number of nitrogens with zero attached hydrogens (tertiary/aromatic N) is 3. The Bertz CT molecular complexity index is 984. The molecule has 0 amide bonds. The molecule has 1 fully saturated rings. The lowest BCUT2D eigenvalue weighted by Gasteiger charge is -2.25. The van der Waals surface area contributed by atoms with E-state index < -0.39 is 12.1 Å². The van der Waals surface area contributed by atoms with Crippen LogP contribution in [0.1, 0.15) is 11.4 Å². The van der Waals surface area contributed by atoms with Gasteiger partial charge in [0, 0.05) is 29.8 Å². The van der Waals surface area contributed by atoms with E-state index in [-0.39, 0.29) is 0 Å². The largest absolute Gasteiger partial charge is 0.490 e. The summed E-state index contributed by atoms with van der Waals surface area (Å²) in [6, 6.07) is 6.22. The second-order valence-corrected chi connectivity index (χ2v) is 6.46. The molecule has 2 aromatic heterocycles. The zero-order valence-electron chi connectivity index (χ0n) is 14.8. The minimum absolute atomic E-state index is 0.582. The van der Waals surface area contributed by atoms with Crippen molar-refractivity contribution in [3.05, 3.63) is 42.0 Å². The molecule has 0 aliphatic carbocycles. The Kier molecular flexibility index (Phi) is 5.59. The van der Waals surface area contributed by atoms with E-state index in [0.717, 1.165) is 41.7 Å². The molecule has 1 aromatic carbocycles. The first-order chi connectivity index (χ1) is 13.2. The van der Waals surface area contributed by atoms with Crippen molar-refractivity contribution < 1.29 is 27.6 Å². The number of rotatable bonds is 3. The summed E-state index contributed by atoms with van der Waals surface area (Å²) in [5.41, 5.74) is 2.13. The van der Waals surface area contributed by atoms with Crippen LogP contribution in [0.5, 0.6) is 0 Å². The predicted octanol–water partition coefficient (Wildman–Crippen LogP) is 2.99. The highest BCUT2D eigenvalue weighted by atomic mass is 19.4. The zero-order chi connectivity index (χ0) is 20.3. The van der Waals surface area contributed by atoms with Gasteiger partial charge in [0.15, 0.2) is 5.82 Å². The molecule has 2 N–H and O–H groups in total. The van der Waals surface area contributed by atoms with E-state index in [1.807, 2.05) is 12.3 Å². The van der Waals surface area contributed by atoms with Crippen LogP contribution in [0.25, 0.3) is 22.2 Å². The zero-order valence-corrected chi connectivity index (χ0v) is 14.8. The molecule has 0 radical (unpaired) electrons. The van der Waals surface area contributed by atoms with Crippen molar-refractivity contribution in [1.82, 2.24) is 20.4 Å². The number of carboxylic acid groups (broad SMARTS) is 1. The first-order valence-electron chi connectivity index (χ1n) is 8.42. The van der Waals surface area contributed by atoms with E-state index in [0.29, 0.717) is 11.8 Å². The van der Waals surface area contributed by atoms with E-state index in [9.17, 15) is 13.2 Å². The Morgan fingerprint density at radius 3 is 2.68 bits per heavy atom. The van der Waals surface area contributed by atoms with Crippen molar-refractivity contribution in [2.45, 2.75) is 19.5 Å². The monoisotopic (exact) mass is 394 g/mol. The Balaban J connectivity index is 0.000000279. The minimum atomic E-state index is -5.08. The van der Waals surface area contributed by atoms with E-state index in [4.69, 9.17) is 14.4 Å². The number of nitrogens with one attached hydrogen (secondary N) is 1. The number of benzene rings is 1. The maximum Gasteiger partial charge on any atom is 0.490 e. The summed E-state index contributed by atoms with van der Waals surface area (Å²) in [6.07, 6.45) is -0.559. The van der Waals surface area contributed by atoms with Crippen LogP contribution in [0.4, 0.5) is 13.2 Å². The van der Waals surface area contributed by atoms with Crippen molar-refractivity contribution in [1.29, 1.82) is 0 Å². The number of hydrogen-bond acceptors (Lipinski definition) is 6. The van der Waals surface area contributed by atoms with Gasteiger partial charge < -0.3 is 14.9 Å². The number of alkyl halides is 3. The molecule has 0 unspecified atom stereocenters. The summed E-state index contributed by atoms with van der Waals surface area (Å²) in [6.45, 7) is 4.16. The summed E-state index contributed by atoms with van der Waals surface area (Å²) >= 11 is 0. The molecule has 3 aromatic rings. The highest BCUT2D eigenvalue weighted by Crippen LogP contribution is 2.28. The molecule has 7 nitrogen and oxygen atoms in total. The van der Waals surface area contributed by atoms with Crippen LogP contribution in [-0.4, -0.2) is 45.5 Å². The quantitative estimate of drug-likeness (QED) is 0.704. The lowest BCUT2D eigenvalue weighted by atomic mass is 9.99. The highest BCUT2D eigenvalue weighted by Gasteiger charge is 2.38. The normalized spacial score (nSPS) is 14.3. The molecule has 1 saturated heterocycles. The maximum absolute atomic E-state index is 10.6. The lowest BCUT2D eigenvalue weighted by Crippen LogP contribution is -2.43. The van der Waals surface area contributed by atoms with Gasteiger partial charge in [0.25, 0.3) is 5.89 Å². The van der Waals surface area contributed by atoms with Gasteiger partial charge in [-0.15, -0.1) is 0 Å². The summed E-state index contributed by atoms with van der Waals surface area (Å²) < 4.78 is 37.2. The third-order valence-electron chi connectivity index (χ3n) is 4.18. The van der Waals surface area contributed by atoms with Crippen LogP contribution in [0.15, 0.2) is 35.1 Å². The summed E-state index contributed by atoms with van der Waals surface area (Å²) in [5, 5.41) is 16.7. The summed E-state index contributed by atoms with van der Waals surface area (Å²) in [7, 11) is 0. The van der Waals surface area contributed by atoms with Crippen LogP contribution in [-0.2, 0) is 11.2 Å². The van der Waals surface area contributed by atoms with Crippen molar-refractivity contribution in [3.8, 4) is 11.5 Å². The molecular formula is C18H17F3N4O3. The molecule has 0 bridgehead atoms. The first-order valence-corrected chi connectivity index (χ1v) is 8.42. The molecule has 0 atom stereocenters. The predicted molar refractivity (Wildman–Crippen MR) is 93.5 cm³/mol. The van der Waals surface area contributed by atoms with Crippen LogP contribution in [0.3, 0.4) is 0 Å². The van der Waals surface area contributed by atoms with Gasteiger partial charge in [0.2, 0.25) is 0 Å². The average molecular weight is 394 g/mol. The summed E-state index contributed by atoms with van der Waals surface area (Å²) in [4.78, 5) is 17.7. The van der Waals surface area contributed by atoms with E-state index in [1.165, 1.54) is 5.56 Å². The number of halogens is 3. The van der Waals surface area contributed by atoms with Crippen molar-refractivity contribution >= 4 is 16.7 Å². The smallest absolute Gasteiger partial charge is 0.475 e. The molecule has 1 aliphatic heterocycles. The van der Waals surface area contributed by atoms with Crippen LogP contribution < -0.4 is 5.32 Å². The number of aromatic nitrogens is 3. The Labute approximate surface area is 157 Å². The Hall–Kier alpha value is -3.01. The van der Waals surface area contributed by atoms with E-state index in [2.05, 4.69) is 39.5 Å². The number of aryl methyl sites for hydroxylation is 1. The maximum atomic E-state index is 10.6. The number of fused-ring (bicyclic) bond motifs is 1.